The van der Waals surface area contributed by atoms with E-state index >= 15 is 0 Å². The van der Waals surface area contributed by atoms with Gasteiger partial charge in [-0.3, -0.25) is 9.59 Å². The molecule has 0 bridgehead atoms. The van der Waals surface area contributed by atoms with Crippen molar-refractivity contribution in [3.05, 3.63) is 0 Å². The fraction of sp³-hybridized carbons (Fsp3) is 0.714. The van der Waals surface area contributed by atoms with Crippen LogP contribution in [0.3, 0.4) is 0 Å². The lowest BCUT2D eigenvalue weighted by molar-refractivity contribution is -0.151. The van der Waals surface area contributed by atoms with Gasteiger partial charge in [-0.25, -0.2) is 0 Å². The van der Waals surface area contributed by atoms with Crippen LogP contribution in [0.15, 0.2) is 0 Å². The number of piperazine rings is 1. The third kappa shape index (κ3) is 2.35. The molecule has 1 aliphatic carbocycles. The van der Waals surface area contributed by atoms with Crippen molar-refractivity contribution in [3.63, 3.8) is 0 Å². The van der Waals surface area contributed by atoms with Gasteiger partial charge in [-0.2, -0.15) is 0 Å². The summed E-state index contributed by atoms with van der Waals surface area (Å²) in [5.41, 5.74) is 0. The topological polar surface area (TPSA) is 49.4 Å². The highest BCUT2D eigenvalue weighted by molar-refractivity contribution is 5.97. The molecule has 4 heteroatoms. The van der Waals surface area contributed by atoms with E-state index in [0.29, 0.717) is 18.9 Å². The zero-order valence-electron chi connectivity index (χ0n) is 11.0. The Hall–Kier alpha value is -1.50. The Labute approximate surface area is 108 Å². The van der Waals surface area contributed by atoms with Crippen molar-refractivity contribution in [2.24, 2.45) is 11.8 Å². The number of nitrogens with zero attached hydrogens (tertiary/aromatic N) is 1. The molecule has 2 rings (SSSR count). The number of rotatable bonds is 4. The van der Waals surface area contributed by atoms with E-state index in [4.69, 9.17) is 6.42 Å². The van der Waals surface area contributed by atoms with Crippen molar-refractivity contribution >= 4 is 11.8 Å². The molecule has 2 fully saturated rings. The van der Waals surface area contributed by atoms with Crippen molar-refractivity contribution in [1.82, 2.24) is 10.2 Å². The molecule has 1 N–H and O–H groups in total. The van der Waals surface area contributed by atoms with E-state index in [0.717, 1.165) is 12.8 Å². The van der Waals surface area contributed by atoms with Crippen LogP contribution >= 0.6 is 0 Å². The van der Waals surface area contributed by atoms with Gasteiger partial charge in [-0.15, -0.1) is 12.3 Å². The first-order valence-corrected chi connectivity index (χ1v) is 6.60. The summed E-state index contributed by atoms with van der Waals surface area (Å²) in [7, 11) is 0. The van der Waals surface area contributed by atoms with Gasteiger partial charge in [0.15, 0.2) is 0 Å². The minimum Gasteiger partial charge on any atom is -0.342 e. The highest BCUT2D eigenvalue weighted by Gasteiger charge is 2.47. The maximum Gasteiger partial charge on any atom is 0.246 e. The Morgan fingerprint density at radius 1 is 1.44 bits per heavy atom. The lowest BCUT2D eigenvalue weighted by Crippen LogP contribution is -2.65. The number of carbonyl (C=O) groups excluding carboxylic acids is 2. The monoisotopic (exact) mass is 248 g/mol. The number of terminal acetylenes is 1. The predicted octanol–water partition coefficient (Wildman–Crippen LogP) is 0.771. The molecular weight excluding hydrogens is 228 g/mol. The molecule has 1 saturated heterocycles. The van der Waals surface area contributed by atoms with Gasteiger partial charge in [0.05, 0.1) is 0 Å². The first-order chi connectivity index (χ1) is 8.56. The van der Waals surface area contributed by atoms with Gasteiger partial charge in [-0.1, -0.05) is 13.8 Å². The molecule has 2 atom stereocenters. The summed E-state index contributed by atoms with van der Waals surface area (Å²) in [5.74, 6) is 3.00. The Morgan fingerprint density at radius 3 is 2.61 bits per heavy atom. The van der Waals surface area contributed by atoms with Gasteiger partial charge < -0.3 is 10.2 Å². The van der Waals surface area contributed by atoms with Crippen LogP contribution in [0.25, 0.3) is 0 Å². The zero-order valence-corrected chi connectivity index (χ0v) is 11.0. The zero-order chi connectivity index (χ0) is 13.3. The smallest absolute Gasteiger partial charge is 0.246 e. The van der Waals surface area contributed by atoms with Crippen LogP contribution in [-0.4, -0.2) is 35.3 Å². The van der Waals surface area contributed by atoms with Gasteiger partial charge in [0, 0.05) is 13.0 Å². The van der Waals surface area contributed by atoms with Crippen LogP contribution in [0.5, 0.6) is 0 Å². The molecule has 18 heavy (non-hydrogen) atoms. The molecule has 0 aromatic heterocycles. The molecular formula is C14H20N2O2. The third-order valence-electron chi connectivity index (χ3n) is 3.67. The quantitative estimate of drug-likeness (QED) is 0.747. The molecule has 98 valence electrons. The molecule has 0 aromatic rings. The summed E-state index contributed by atoms with van der Waals surface area (Å²) >= 11 is 0. The Morgan fingerprint density at radius 2 is 2.11 bits per heavy atom. The van der Waals surface area contributed by atoms with Crippen molar-refractivity contribution < 1.29 is 9.59 Å². The second kappa shape index (κ2) is 5.01. The molecule has 4 nitrogen and oxygen atoms in total. The van der Waals surface area contributed by atoms with Crippen LogP contribution in [0.1, 0.15) is 33.1 Å². The number of carbonyl (C=O) groups is 2. The van der Waals surface area contributed by atoms with Crippen molar-refractivity contribution in [2.75, 3.05) is 6.54 Å². The lowest BCUT2D eigenvalue weighted by atomic mass is 9.95. The second-order valence-electron chi connectivity index (χ2n) is 5.50. The van der Waals surface area contributed by atoms with Crippen LogP contribution in [-0.2, 0) is 9.59 Å². The minimum atomic E-state index is -0.374. The normalized spacial score (nSPS) is 28.2. The Kier molecular flexibility index (Phi) is 3.60. The molecule has 0 radical (unpaired) electrons. The van der Waals surface area contributed by atoms with Gasteiger partial charge in [0.1, 0.15) is 12.1 Å². The Balaban J connectivity index is 2.18. The van der Waals surface area contributed by atoms with Gasteiger partial charge in [-0.05, 0) is 24.7 Å². The summed E-state index contributed by atoms with van der Waals surface area (Å²) < 4.78 is 0. The van der Waals surface area contributed by atoms with Crippen molar-refractivity contribution in [2.45, 2.75) is 45.2 Å². The molecule has 0 spiro atoms. The van der Waals surface area contributed by atoms with E-state index in [1.165, 1.54) is 0 Å². The van der Waals surface area contributed by atoms with E-state index in [2.05, 4.69) is 11.2 Å². The summed E-state index contributed by atoms with van der Waals surface area (Å²) in [6.45, 7) is 4.39. The average Bonchev–Trinajstić information content (AvgIpc) is 3.12. The molecule has 1 saturated carbocycles. The molecule has 0 aromatic carbocycles. The Bertz CT molecular complexity index is 393. The fourth-order valence-corrected chi connectivity index (χ4v) is 2.60. The maximum absolute atomic E-state index is 12.4. The van der Waals surface area contributed by atoms with Gasteiger partial charge >= 0.3 is 0 Å². The number of hydrogen-bond donors (Lipinski definition) is 1. The highest BCUT2D eigenvalue weighted by atomic mass is 16.2. The van der Waals surface area contributed by atoms with Crippen molar-refractivity contribution in [3.8, 4) is 12.3 Å². The molecule has 1 heterocycles. The van der Waals surface area contributed by atoms with E-state index in [9.17, 15) is 9.59 Å². The average molecular weight is 248 g/mol. The SMILES string of the molecule is C#CCCN1C(=O)C(C2CC2)NC(=O)C1C(C)C. The molecule has 2 amide bonds. The number of hydrogen-bond acceptors (Lipinski definition) is 2. The standard InChI is InChI=1S/C14H20N2O2/c1-4-5-8-16-12(9(2)3)13(17)15-11(14(16)18)10-6-7-10/h1,9-12H,5-8H2,2-3H3,(H,15,17). The molecule has 2 aliphatic rings. The summed E-state index contributed by atoms with van der Waals surface area (Å²) in [5, 5.41) is 2.88. The largest absolute Gasteiger partial charge is 0.342 e. The number of nitrogens with one attached hydrogen (secondary N) is 1. The molecule has 2 unspecified atom stereocenters. The fourth-order valence-electron chi connectivity index (χ4n) is 2.60. The van der Waals surface area contributed by atoms with Crippen LogP contribution in [0, 0.1) is 24.2 Å². The summed E-state index contributed by atoms with van der Waals surface area (Å²) in [6.07, 6.45) is 7.83. The van der Waals surface area contributed by atoms with Crippen LogP contribution in [0.4, 0.5) is 0 Å². The van der Waals surface area contributed by atoms with Gasteiger partial charge in [0.2, 0.25) is 11.8 Å². The van der Waals surface area contributed by atoms with Crippen LogP contribution < -0.4 is 5.32 Å². The van der Waals surface area contributed by atoms with Gasteiger partial charge in [0.25, 0.3) is 0 Å². The molecule has 1 aliphatic heterocycles. The predicted molar refractivity (Wildman–Crippen MR) is 68.4 cm³/mol. The number of amides is 2. The highest BCUT2D eigenvalue weighted by Crippen LogP contribution is 2.35. The first kappa shape index (κ1) is 12.9. The summed E-state index contributed by atoms with van der Waals surface area (Å²) in [6, 6.07) is -0.689. The lowest BCUT2D eigenvalue weighted by Gasteiger charge is -2.40. The third-order valence-corrected chi connectivity index (χ3v) is 3.67. The summed E-state index contributed by atoms with van der Waals surface area (Å²) in [4.78, 5) is 26.2. The minimum absolute atomic E-state index is 0.0291. The van der Waals surface area contributed by atoms with Crippen molar-refractivity contribution in [1.29, 1.82) is 0 Å². The second-order valence-corrected chi connectivity index (χ2v) is 5.50. The van der Waals surface area contributed by atoms with E-state index in [1.807, 2.05) is 13.8 Å². The van der Waals surface area contributed by atoms with E-state index in [1.54, 1.807) is 4.90 Å². The first-order valence-electron chi connectivity index (χ1n) is 6.60. The van der Waals surface area contributed by atoms with E-state index in [-0.39, 0.29) is 29.8 Å². The van der Waals surface area contributed by atoms with Crippen LogP contribution in [0.2, 0.25) is 0 Å². The maximum atomic E-state index is 12.4. The van der Waals surface area contributed by atoms with E-state index < -0.39 is 0 Å².